The van der Waals surface area contributed by atoms with Crippen LogP contribution in [0.5, 0.6) is 0 Å². The Bertz CT molecular complexity index is 958. The number of benzene rings is 1. The molecule has 0 saturated carbocycles. The summed E-state index contributed by atoms with van der Waals surface area (Å²) in [6.07, 6.45) is 0.702. The number of nitrogens with zero attached hydrogens (tertiary/aromatic N) is 4. The van der Waals surface area contributed by atoms with Gasteiger partial charge in [0.15, 0.2) is 0 Å². The maximum Gasteiger partial charge on any atom is 0.288 e. The Kier molecular flexibility index (Phi) is 5.82. The van der Waals surface area contributed by atoms with Crippen molar-refractivity contribution in [1.82, 2.24) is 15.1 Å². The maximum atomic E-state index is 12.8. The van der Waals surface area contributed by atoms with E-state index in [1.165, 1.54) is 34.4 Å². The molecule has 0 saturated heterocycles. The van der Waals surface area contributed by atoms with Gasteiger partial charge in [-0.05, 0) is 30.0 Å². The number of nitro benzene ring substituents is 1. The average Bonchev–Trinajstić information content (AvgIpc) is 3.32. The highest BCUT2D eigenvalue weighted by Crippen LogP contribution is 2.26. The zero-order chi connectivity index (χ0) is 19.4. The largest absolute Gasteiger partial charge is 0.418 e. The summed E-state index contributed by atoms with van der Waals surface area (Å²) in [5, 5.41) is 20.9. The van der Waals surface area contributed by atoms with Crippen molar-refractivity contribution in [1.29, 1.82) is 0 Å². The normalized spacial score (nSPS) is 10.7. The lowest BCUT2D eigenvalue weighted by atomic mass is 10.1. The van der Waals surface area contributed by atoms with E-state index in [1.807, 2.05) is 24.4 Å². The van der Waals surface area contributed by atoms with Gasteiger partial charge in [0, 0.05) is 18.2 Å². The Morgan fingerprint density at radius 1 is 1.37 bits per heavy atom. The number of carbonyl (C=O) groups is 1. The molecule has 2 aromatic heterocycles. The molecule has 0 N–H and O–H groups in total. The Labute approximate surface area is 163 Å². The van der Waals surface area contributed by atoms with E-state index in [1.54, 1.807) is 0 Å². The molecule has 140 valence electrons. The first-order valence-corrected chi connectivity index (χ1v) is 9.34. The summed E-state index contributed by atoms with van der Waals surface area (Å²) in [4.78, 5) is 25.6. The quantitative estimate of drug-likeness (QED) is 0.425. The second-order valence-electron chi connectivity index (χ2n) is 5.63. The molecule has 3 rings (SSSR count). The van der Waals surface area contributed by atoms with Crippen molar-refractivity contribution in [3.8, 4) is 10.8 Å². The third-order valence-corrected chi connectivity index (χ3v) is 4.87. The molecule has 0 aliphatic heterocycles. The van der Waals surface area contributed by atoms with Crippen LogP contribution < -0.4 is 0 Å². The minimum absolute atomic E-state index is 0.0175. The lowest BCUT2D eigenvalue weighted by Crippen LogP contribution is -2.31. The summed E-state index contributed by atoms with van der Waals surface area (Å²) in [5.41, 5.74) is -0.130. The molecule has 0 atom stereocenters. The van der Waals surface area contributed by atoms with Crippen LogP contribution in [0.4, 0.5) is 5.69 Å². The van der Waals surface area contributed by atoms with Crippen molar-refractivity contribution in [3.63, 3.8) is 0 Å². The third kappa shape index (κ3) is 4.32. The lowest BCUT2D eigenvalue weighted by molar-refractivity contribution is -0.384. The van der Waals surface area contributed by atoms with Crippen LogP contribution in [0.2, 0.25) is 5.02 Å². The van der Waals surface area contributed by atoms with Gasteiger partial charge >= 0.3 is 0 Å². The van der Waals surface area contributed by atoms with Gasteiger partial charge in [-0.25, -0.2) is 0 Å². The second-order valence-corrected chi connectivity index (χ2v) is 6.98. The molecule has 10 heteroatoms. The Morgan fingerprint density at radius 3 is 2.85 bits per heavy atom. The number of hydrogen-bond donors (Lipinski definition) is 0. The Morgan fingerprint density at radius 2 is 2.19 bits per heavy atom. The van der Waals surface area contributed by atoms with Gasteiger partial charge in [-0.1, -0.05) is 24.6 Å². The number of thiophene rings is 1. The summed E-state index contributed by atoms with van der Waals surface area (Å²) in [7, 11) is 0. The first-order valence-electron chi connectivity index (χ1n) is 8.09. The second kappa shape index (κ2) is 8.28. The van der Waals surface area contributed by atoms with Crippen molar-refractivity contribution in [2.75, 3.05) is 6.54 Å². The summed E-state index contributed by atoms with van der Waals surface area (Å²) in [6, 6.07) is 7.73. The molecule has 2 heterocycles. The van der Waals surface area contributed by atoms with Gasteiger partial charge in [0.25, 0.3) is 17.5 Å². The van der Waals surface area contributed by atoms with Crippen LogP contribution in [-0.4, -0.2) is 32.5 Å². The van der Waals surface area contributed by atoms with Crippen LogP contribution in [0.3, 0.4) is 0 Å². The molecule has 0 bridgehead atoms. The highest BCUT2D eigenvalue weighted by Gasteiger charge is 2.22. The summed E-state index contributed by atoms with van der Waals surface area (Å²) in [6.45, 7) is 2.48. The average molecular weight is 407 g/mol. The monoisotopic (exact) mass is 406 g/mol. The molecule has 0 radical (unpaired) electrons. The summed E-state index contributed by atoms with van der Waals surface area (Å²) >= 11 is 7.29. The molecule has 0 unspecified atom stereocenters. The number of hydrogen-bond acceptors (Lipinski definition) is 7. The van der Waals surface area contributed by atoms with Crippen LogP contribution in [0.1, 0.15) is 29.6 Å². The fourth-order valence-corrected chi connectivity index (χ4v) is 3.30. The maximum absolute atomic E-state index is 12.8. The minimum atomic E-state index is -0.616. The highest BCUT2D eigenvalue weighted by molar-refractivity contribution is 7.13. The van der Waals surface area contributed by atoms with Crippen LogP contribution in [-0.2, 0) is 6.54 Å². The standard InChI is InChI=1S/C17H15ClN4O4S/c1-2-7-21(10-15-19-20-16(26-15)14-4-3-8-27-14)17(23)11-5-6-12(18)13(9-11)22(24)25/h3-6,8-9H,2,7,10H2,1H3. The van der Waals surface area contributed by atoms with Crippen LogP contribution in [0, 0.1) is 10.1 Å². The van der Waals surface area contributed by atoms with Gasteiger partial charge < -0.3 is 9.32 Å². The summed E-state index contributed by atoms with van der Waals surface area (Å²) in [5.74, 6) is 0.321. The molecule has 27 heavy (non-hydrogen) atoms. The highest BCUT2D eigenvalue weighted by atomic mass is 35.5. The summed E-state index contributed by atoms with van der Waals surface area (Å²) < 4.78 is 5.64. The van der Waals surface area contributed by atoms with E-state index in [4.69, 9.17) is 16.0 Å². The Balaban J connectivity index is 1.82. The van der Waals surface area contributed by atoms with Gasteiger partial charge in [-0.15, -0.1) is 21.5 Å². The SMILES string of the molecule is CCCN(Cc1nnc(-c2cccs2)o1)C(=O)c1ccc(Cl)c([N+](=O)[O-])c1. The van der Waals surface area contributed by atoms with Crippen molar-refractivity contribution in [2.45, 2.75) is 19.9 Å². The van der Waals surface area contributed by atoms with E-state index < -0.39 is 4.92 Å². The number of carbonyl (C=O) groups excluding carboxylic acids is 1. The van der Waals surface area contributed by atoms with Crippen LogP contribution in [0.15, 0.2) is 40.1 Å². The van der Waals surface area contributed by atoms with Crippen LogP contribution in [0.25, 0.3) is 10.8 Å². The number of aromatic nitrogens is 2. The third-order valence-electron chi connectivity index (χ3n) is 3.70. The van der Waals surface area contributed by atoms with E-state index in [-0.39, 0.29) is 28.7 Å². The van der Waals surface area contributed by atoms with E-state index in [0.29, 0.717) is 24.7 Å². The number of rotatable bonds is 7. The van der Waals surface area contributed by atoms with Gasteiger partial charge in [0.1, 0.15) is 5.02 Å². The van der Waals surface area contributed by atoms with Gasteiger partial charge in [-0.2, -0.15) is 0 Å². The molecular weight excluding hydrogens is 392 g/mol. The van der Waals surface area contributed by atoms with Crippen molar-refractivity contribution in [2.24, 2.45) is 0 Å². The van der Waals surface area contributed by atoms with E-state index in [2.05, 4.69) is 10.2 Å². The van der Waals surface area contributed by atoms with E-state index >= 15 is 0 Å². The predicted octanol–water partition coefficient (Wildman–Crippen LogP) is 4.41. The number of amides is 1. The number of nitro groups is 1. The molecule has 1 amide bonds. The van der Waals surface area contributed by atoms with Gasteiger partial charge in [0.2, 0.25) is 5.89 Å². The molecular formula is C17H15ClN4O4S. The number of halogens is 1. The fourth-order valence-electron chi connectivity index (χ4n) is 2.47. The Hall–Kier alpha value is -2.78. The topological polar surface area (TPSA) is 102 Å². The van der Waals surface area contributed by atoms with E-state index in [9.17, 15) is 14.9 Å². The minimum Gasteiger partial charge on any atom is -0.418 e. The van der Waals surface area contributed by atoms with Crippen LogP contribution >= 0.6 is 22.9 Å². The predicted molar refractivity (Wildman–Crippen MR) is 101 cm³/mol. The smallest absolute Gasteiger partial charge is 0.288 e. The van der Waals surface area contributed by atoms with Crippen molar-refractivity contribution >= 4 is 34.5 Å². The van der Waals surface area contributed by atoms with Gasteiger partial charge in [-0.3, -0.25) is 14.9 Å². The molecule has 8 nitrogen and oxygen atoms in total. The zero-order valence-corrected chi connectivity index (χ0v) is 15.9. The molecule has 0 fully saturated rings. The lowest BCUT2D eigenvalue weighted by Gasteiger charge is -2.20. The molecule has 0 aliphatic carbocycles. The van der Waals surface area contributed by atoms with E-state index in [0.717, 1.165) is 4.88 Å². The van der Waals surface area contributed by atoms with Crippen molar-refractivity contribution in [3.05, 3.63) is 62.3 Å². The zero-order valence-electron chi connectivity index (χ0n) is 14.3. The van der Waals surface area contributed by atoms with Gasteiger partial charge in [0.05, 0.1) is 16.3 Å². The fraction of sp³-hybridized carbons (Fsp3) is 0.235. The first-order chi connectivity index (χ1) is 13.0. The first kappa shape index (κ1) is 19.0. The van der Waals surface area contributed by atoms with Crippen molar-refractivity contribution < 1.29 is 14.1 Å². The molecule has 0 spiro atoms. The molecule has 0 aliphatic rings. The molecule has 3 aromatic rings. The molecule has 1 aromatic carbocycles.